The second-order valence-electron chi connectivity index (χ2n) is 4.53. The molecule has 0 aromatic heterocycles. The van der Waals surface area contributed by atoms with E-state index in [1.807, 2.05) is 18.2 Å². The number of aromatic hydroxyl groups is 1. The predicted molar refractivity (Wildman–Crippen MR) is 83.7 cm³/mol. The maximum Gasteiger partial charge on any atom is 0.115 e. The van der Waals surface area contributed by atoms with Crippen LogP contribution in [0.15, 0.2) is 60.7 Å². The quantitative estimate of drug-likeness (QED) is 0.647. The zero-order valence-electron chi connectivity index (χ0n) is 10.4. The van der Waals surface area contributed by atoms with Crippen LogP contribution in [0, 0.1) is 0 Å². The van der Waals surface area contributed by atoms with E-state index in [1.54, 1.807) is 12.1 Å². The third-order valence-electron chi connectivity index (χ3n) is 3.34. The third kappa shape index (κ3) is 2.20. The summed E-state index contributed by atoms with van der Waals surface area (Å²) in [5.74, 6) is 0.984. The molecule has 0 saturated heterocycles. The standard InChI is InChI=1S/C17H14OS/c18-15-9-7-13(8-10-15)17-14(11-19)6-5-12-3-1-2-4-16(12)17/h1-10,18-19H,11H2. The molecule has 0 aliphatic rings. The molecule has 0 saturated carbocycles. The topological polar surface area (TPSA) is 20.2 Å². The molecule has 0 atom stereocenters. The number of thiol groups is 1. The fourth-order valence-corrected chi connectivity index (χ4v) is 2.68. The molecular formula is C17H14OS. The molecule has 1 nitrogen and oxygen atoms in total. The molecule has 0 spiro atoms. The fourth-order valence-electron chi connectivity index (χ4n) is 2.42. The summed E-state index contributed by atoms with van der Waals surface area (Å²) in [7, 11) is 0. The lowest BCUT2D eigenvalue weighted by Gasteiger charge is -2.12. The van der Waals surface area contributed by atoms with E-state index in [0.29, 0.717) is 5.75 Å². The largest absolute Gasteiger partial charge is 0.508 e. The van der Waals surface area contributed by atoms with Gasteiger partial charge in [0.05, 0.1) is 0 Å². The number of fused-ring (bicyclic) bond motifs is 1. The van der Waals surface area contributed by atoms with Gasteiger partial charge >= 0.3 is 0 Å². The van der Waals surface area contributed by atoms with Crippen LogP contribution >= 0.6 is 12.6 Å². The van der Waals surface area contributed by atoms with Gasteiger partial charge in [0.1, 0.15) is 5.75 Å². The minimum Gasteiger partial charge on any atom is -0.508 e. The Morgan fingerprint density at radius 1 is 0.842 bits per heavy atom. The van der Waals surface area contributed by atoms with E-state index in [-0.39, 0.29) is 5.75 Å². The van der Waals surface area contributed by atoms with Crippen LogP contribution in [0.4, 0.5) is 0 Å². The van der Waals surface area contributed by atoms with E-state index in [2.05, 4.69) is 43.0 Å². The summed E-state index contributed by atoms with van der Waals surface area (Å²) in [5, 5.41) is 11.9. The van der Waals surface area contributed by atoms with Crippen molar-refractivity contribution in [2.75, 3.05) is 0 Å². The van der Waals surface area contributed by atoms with Crippen molar-refractivity contribution >= 4 is 23.4 Å². The number of phenolic OH excluding ortho intramolecular Hbond substituents is 1. The summed E-state index contributed by atoms with van der Waals surface area (Å²) in [5.41, 5.74) is 3.51. The van der Waals surface area contributed by atoms with Gasteiger partial charge in [0.15, 0.2) is 0 Å². The van der Waals surface area contributed by atoms with Crippen LogP contribution in [0.25, 0.3) is 21.9 Å². The molecule has 0 fully saturated rings. The van der Waals surface area contributed by atoms with Crippen molar-refractivity contribution in [3.05, 3.63) is 66.2 Å². The minimum atomic E-state index is 0.288. The summed E-state index contributed by atoms with van der Waals surface area (Å²) in [6.45, 7) is 0. The first kappa shape index (κ1) is 12.1. The highest BCUT2D eigenvalue weighted by Crippen LogP contribution is 2.33. The minimum absolute atomic E-state index is 0.288. The maximum absolute atomic E-state index is 9.43. The Morgan fingerprint density at radius 3 is 2.32 bits per heavy atom. The molecule has 0 heterocycles. The summed E-state index contributed by atoms with van der Waals surface area (Å²) in [6, 6.07) is 19.9. The number of hydrogen-bond acceptors (Lipinski definition) is 2. The summed E-state index contributed by atoms with van der Waals surface area (Å²) in [6.07, 6.45) is 0. The Kier molecular flexibility index (Phi) is 3.18. The average Bonchev–Trinajstić information content (AvgIpc) is 2.47. The molecule has 0 unspecified atom stereocenters. The summed E-state index contributed by atoms with van der Waals surface area (Å²) < 4.78 is 0. The number of phenols is 1. The highest BCUT2D eigenvalue weighted by Gasteiger charge is 2.08. The van der Waals surface area contributed by atoms with E-state index < -0.39 is 0 Å². The van der Waals surface area contributed by atoms with Gasteiger partial charge in [-0.3, -0.25) is 0 Å². The van der Waals surface area contributed by atoms with Crippen LogP contribution in [-0.4, -0.2) is 5.11 Å². The Labute approximate surface area is 117 Å². The molecule has 2 heteroatoms. The second kappa shape index (κ2) is 4.98. The first-order valence-electron chi connectivity index (χ1n) is 6.20. The van der Waals surface area contributed by atoms with Crippen LogP contribution in [0.1, 0.15) is 5.56 Å². The molecule has 3 aromatic rings. The molecule has 1 N–H and O–H groups in total. The van der Waals surface area contributed by atoms with Gasteiger partial charge in [-0.2, -0.15) is 12.6 Å². The Morgan fingerprint density at radius 2 is 1.58 bits per heavy atom. The number of benzene rings is 3. The Balaban J connectivity index is 2.33. The van der Waals surface area contributed by atoms with E-state index in [9.17, 15) is 5.11 Å². The molecule has 3 rings (SSSR count). The molecule has 0 amide bonds. The fraction of sp³-hybridized carbons (Fsp3) is 0.0588. The van der Waals surface area contributed by atoms with Crippen molar-refractivity contribution < 1.29 is 5.11 Å². The molecule has 0 bridgehead atoms. The molecule has 19 heavy (non-hydrogen) atoms. The molecular weight excluding hydrogens is 252 g/mol. The van der Waals surface area contributed by atoms with Crippen LogP contribution in [-0.2, 0) is 5.75 Å². The first-order valence-corrected chi connectivity index (χ1v) is 6.84. The van der Waals surface area contributed by atoms with E-state index in [1.165, 1.54) is 21.9 Å². The van der Waals surface area contributed by atoms with Gasteiger partial charge in [0.25, 0.3) is 0 Å². The van der Waals surface area contributed by atoms with Gasteiger partial charge in [-0.25, -0.2) is 0 Å². The van der Waals surface area contributed by atoms with Gasteiger partial charge in [0.2, 0.25) is 0 Å². The molecule has 0 aliphatic carbocycles. The Bertz CT molecular complexity index is 717. The molecule has 94 valence electrons. The molecule has 3 aromatic carbocycles. The van der Waals surface area contributed by atoms with Crippen LogP contribution in [0.2, 0.25) is 0 Å². The van der Waals surface area contributed by atoms with Crippen molar-refractivity contribution in [1.82, 2.24) is 0 Å². The van der Waals surface area contributed by atoms with Crippen molar-refractivity contribution in [2.24, 2.45) is 0 Å². The summed E-state index contributed by atoms with van der Waals surface area (Å²) in [4.78, 5) is 0. The highest BCUT2D eigenvalue weighted by atomic mass is 32.1. The smallest absolute Gasteiger partial charge is 0.115 e. The number of hydrogen-bond donors (Lipinski definition) is 2. The second-order valence-corrected chi connectivity index (χ2v) is 4.84. The third-order valence-corrected chi connectivity index (χ3v) is 3.68. The highest BCUT2D eigenvalue weighted by molar-refractivity contribution is 7.79. The monoisotopic (exact) mass is 266 g/mol. The van der Waals surface area contributed by atoms with Gasteiger partial charge in [-0.1, -0.05) is 48.5 Å². The lowest BCUT2D eigenvalue weighted by molar-refractivity contribution is 0.475. The predicted octanol–water partition coefficient (Wildman–Crippen LogP) is 4.64. The van der Waals surface area contributed by atoms with Crippen molar-refractivity contribution in [1.29, 1.82) is 0 Å². The SMILES string of the molecule is Oc1ccc(-c2c(CS)ccc3ccccc23)cc1. The first-order chi connectivity index (χ1) is 9.29. The molecule has 0 aliphatic heterocycles. The van der Waals surface area contributed by atoms with Crippen LogP contribution < -0.4 is 0 Å². The van der Waals surface area contributed by atoms with E-state index in [0.717, 1.165) is 5.56 Å². The lowest BCUT2D eigenvalue weighted by atomic mass is 9.94. The van der Waals surface area contributed by atoms with Gasteiger partial charge in [0, 0.05) is 5.75 Å². The van der Waals surface area contributed by atoms with Crippen molar-refractivity contribution in [3.63, 3.8) is 0 Å². The zero-order valence-corrected chi connectivity index (χ0v) is 11.3. The molecule has 0 radical (unpaired) electrons. The van der Waals surface area contributed by atoms with Gasteiger partial charge in [-0.15, -0.1) is 0 Å². The van der Waals surface area contributed by atoms with E-state index in [4.69, 9.17) is 0 Å². The maximum atomic E-state index is 9.43. The van der Waals surface area contributed by atoms with Gasteiger partial charge < -0.3 is 5.11 Å². The van der Waals surface area contributed by atoms with Crippen LogP contribution in [0.5, 0.6) is 5.75 Å². The van der Waals surface area contributed by atoms with Crippen molar-refractivity contribution in [3.8, 4) is 16.9 Å². The van der Waals surface area contributed by atoms with Crippen molar-refractivity contribution in [2.45, 2.75) is 5.75 Å². The van der Waals surface area contributed by atoms with Crippen LogP contribution in [0.3, 0.4) is 0 Å². The zero-order chi connectivity index (χ0) is 13.2. The van der Waals surface area contributed by atoms with Gasteiger partial charge in [-0.05, 0) is 39.6 Å². The Hall–Kier alpha value is -1.93. The lowest BCUT2D eigenvalue weighted by Crippen LogP contribution is -1.88. The summed E-state index contributed by atoms with van der Waals surface area (Å²) >= 11 is 4.43. The normalized spacial score (nSPS) is 10.8. The average molecular weight is 266 g/mol. The van der Waals surface area contributed by atoms with E-state index >= 15 is 0 Å². The number of rotatable bonds is 2.